The molecule has 0 aromatic carbocycles. The van der Waals surface area contributed by atoms with Gasteiger partial charge in [0.2, 0.25) is 0 Å². The number of nitrogens with one attached hydrogen (secondary N) is 1. The molecule has 1 aromatic rings. The molecule has 15 heavy (non-hydrogen) atoms. The van der Waals surface area contributed by atoms with Gasteiger partial charge in [-0.3, -0.25) is 4.68 Å². The third kappa shape index (κ3) is 1.93. The lowest BCUT2D eigenvalue weighted by Gasteiger charge is -2.26. The molecule has 3 nitrogen and oxygen atoms in total. The first-order valence-electron chi connectivity index (χ1n) is 6.15. The maximum absolute atomic E-state index is 4.47. The van der Waals surface area contributed by atoms with Crippen LogP contribution in [0.3, 0.4) is 0 Å². The van der Waals surface area contributed by atoms with Gasteiger partial charge in [0.05, 0.1) is 6.20 Å². The maximum atomic E-state index is 4.47. The van der Waals surface area contributed by atoms with Crippen molar-refractivity contribution in [3.63, 3.8) is 0 Å². The van der Waals surface area contributed by atoms with Crippen LogP contribution < -0.4 is 5.32 Å². The summed E-state index contributed by atoms with van der Waals surface area (Å²) >= 11 is 0. The zero-order valence-corrected chi connectivity index (χ0v) is 9.15. The van der Waals surface area contributed by atoms with Crippen molar-refractivity contribution in [2.75, 3.05) is 13.1 Å². The van der Waals surface area contributed by atoms with E-state index in [4.69, 9.17) is 0 Å². The van der Waals surface area contributed by atoms with Crippen molar-refractivity contribution in [3.05, 3.63) is 18.0 Å². The van der Waals surface area contributed by atoms with E-state index in [2.05, 4.69) is 27.5 Å². The van der Waals surface area contributed by atoms with E-state index in [0.717, 1.165) is 18.4 Å². The van der Waals surface area contributed by atoms with E-state index in [-0.39, 0.29) is 0 Å². The smallest absolute Gasteiger partial charge is 0.0524 e. The van der Waals surface area contributed by atoms with Gasteiger partial charge in [0, 0.05) is 31.7 Å². The van der Waals surface area contributed by atoms with Crippen LogP contribution in [0.1, 0.15) is 37.2 Å². The van der Waals surface area contributed by atoms with E-state index in [9.17, 15) is 0 Å². The van der Waals surface area contributed by atoms with Crippen LogP contribution >= 0.6 is 0 Å². The quantitative estimate of drug-likeness (QED) is 0.815. The molecule has 1 aliphatic heterocycles. The molecule has 82 valence electrons. The van der Waals surface area contributed by atoms with E-state index < -0.39 is 0 Å². The topological polar surface area (TPSA) is 29.9 Å². The molecular weight excluding hydrogens is 186 g/mol. The predicted molar refractivity (Wildman–Crippen MR) is 59.8 cm³/mol. The Hall–Kier alpha value is -0.830. The average molecular weight is 205 g/mol. The minimum absolute atomic E-state index is 0.804. The van der Waals surface area contributed by atoms with Crippen LogP contribution in [0, 0.1) is 5.92 Å². The molecule has 0 unspecified atom stereocenters. The van der Waals surface area contributed by atoms with Crippen molar-refractivity contribution in [1.82, 2.24) is 15.1 Å². The molecule has 2 fully saturated rings. The number of rotatable bonds is 3. The minimum Gasteiger partial charge on any atom is -0.316 e. The summed E-state index contributed by atoms with van der Waals surface area (Å²) in [7, 11) is 0. The van der Waals surface area contributed by atoms with Gasteiger partial charge < -0.3 is 5.32 Å². The molecule has 0 bridgehead atoms. The summed E-state index contributed by atoms with van der Waals surface area (Å²) in [4.78, 5) is 0. The second kappa shape index (κ2) is 3.97. The number of hydrogen-bond donors (Lipinski definition) is 1. The fourth-order valence-electron chi connectivity index (χ4n) is 2.69. The summed E-state index contributed by atoms with van der Waals surface area (Å²) in [6.45, 7) is 3.43. The second-order valence-corrected chi connectivity index (χ2v) is 5.00. The predicted octanol–water partition coefficient (Wildman–Crippen LogP) is 1.76. The number of nitrogens with zero attached hydrogens (tertiary/aromatic N) is 2. The van der Waals surface area contributed by atoms with Gasteiger partial charge in [0.1, 0.15) is 0 Å². The van der Waals surface area contributed by atoms with Crippen molar-refractivity contribution in [2.24, 2.45) is 5.92 Å². The molecule has 2 aliphatic rings. The van der Waals surface area contributed by atoms with Crippen LogP contribution in [-0.2, 0) is 6.54 Å². The number of aromatic nitrogens is 2. The third-order valence-corrected chi connectivity index (χ3v) is 3.79. The van der Waals surface area contributed by atoms with Crippen molar-refractivity contribution >= 4 is 0 Å². The molecular formula is C12H19N3. The highest BCUT2D eigenvalue weighted by Gasteiger charge is 2.20. The van der Waals surface area contributed by atoms with Gasteiger partial charge in [0.25, 0.3) is 0 Å². The fourth-order valence-corrected chi connectivity index (χ4v) is 2.69. The zero-order chi connectivity index (χ0) is 10.1. The standard InChI is InChI=1S/C12H19N3/c1-2-4-11(3-1)12-7-14-15(9-12)8-10-5-13-6-10/h7,9-11,13H,1-6,8H2. The van der Waals surface area contributed by atoms with Crippen molar-refractivity contribution in [1.29, 1.82) is 0 Å². The van der Waals surface area contributed by atoms with Crippen molar-refractivity contribution in [3.8, 4) is 0 Å². The molecule has 3 heteroatoms. The van der Waals surface area contributed by atoms with Crippen molar-refractivity contribution in [2.45, 2.75) is 38.1 Å². The molecule has 1 N–H and O–H groups in total. The summed E-state index contributed by atoms with van der Waals surface area (Å²) in [5, 5.41) is 7.77. The van der Waals surface area contributed by atoms with Gasteiger partial charge in [-0.25, -0.2) is 0 Å². The van der Waals surface area contributed by atoms with Gasteiger partial charge in [-0.15, -0.1) is 0 Å². The lowest BCUT2D eigenvalue weighted by molar-refractivity contribution is 0.295. The molecule has 0 radical (unpaired) electrons. The molecule has 1 aliphatic carbocycles. The van der Waals surface area contributed by atoms with E-state index >= 15 is 0 Å². The Labute approximate surface area is 90.9 Å². The Kier molecular flexibility index (Phi) is 2.49. The normalized spacial score (nSPS) is 23.2. The van der Waals surface area contributed by atoms with Gasteiger partial charge in [-0.1, -0.05) is 12.8 Å². The van der Waals surface area contributed by atoms with Gasteiger partial charge in [-0.05, 0) is 24.3 Å². The minimum atomic E-state index is 0.804. The van der Waals surface area contributed by atoms with Crippen LogP contribution in [0.15, 0.2) is 12.4 Å². The SMILES string of the molecule is c1nn(CC2CNC2)cc1C1CCCC1. The van der Waals surface area contributed by atoms with E-state index in [1.807, 2.05) is 0 Å². The van der Waals surface area contributed by atoms with Crippen molar-refractivity contribution < 1.29 is 0 Å². The van der Waals surface area contributed by atoms with Crippen LogP contribution in [-0.4, -0.2) is 22.9 Å². The van der Waals surface area contributed by atoms with Crippen LogP contribution in [0.5, 0.6) is 0 Å². The maximum Gasteiger partial charge on any atom is 0.0524 e. The summed E-state index contributed by atoms with van der Waals surface area (Å²) in [5.74, 6) is 1.61. The molecule has 3 rings (SSSR count). The summed E-state index contributed by atoms with van der Waals surface area (Å²) in [6, 6.07) is 0. The molecule has 2 heterocycles. The van der Waals surface area contributed by atoms with E-state index in [1.165, 1.54) is 44.3 Å². The third-order valence-electron chi connectivity index (χ3n) is 3.79. The molecule has 1 saturated heterocycles. The molecule has 1 aromatic heterocycles. The van der Waals surface area contributed by atoms with Gasteiger partial charge in [-0.2, -0.15) is 5.10 Å². The lowest BCUT2D eigenvalue weighted by atomic mass is 10.0. The van der Waals surface area contributed by atoms with Crippen LogP contribution in [0.2, 0.25) is 0 Å². The molecule has 0 atom stereocenters. The first-order valence-corrected chi connectivity index (χ1v) is 6.15. The fraction of sp³-hybridized carbons (Fsp3) is 0.750. The first-order chi connectivity index (χ1) is 7.42. The van der Waals surface area contributed by atoms with E-state index in [1.54, 1.807) is 0 Å². The Morgan fingerprint density at radius 1 is 1.33 bits per heavy atom. The summed E-state index contributed by atoms with van der Waals surface area (Å²) in [5.41, 5.74) is 1.47. The number of hydrogen-bond acceptors (Lipinski definition) is 2. The summed E-state index contributed by atoms with van der Waals surface area (Å²) < 4.78 is 2.14. The molecule has 0 spiro atoms. The highest BCUT2D eigenvalue weighted by atomic mass is 15.3. The zero-order valence-electron chi connectivity index (χ0n) is 9.15. The lowest BCUT2D eigenvalue weighted by Crippen LogP contribution is -2.44. The Morgan fingerprint density at radius 3 is 2.80 bits per heavy atom. The largest absolute Gasteiger partial charge is 0.316 e. The highest BCUT2D eigenvalue weighted by molar-refractivity contribution is 5.12. The Morgan fingerprint density at radius 2 is 2.13 bits per heavy atom. The van der Waals surface area contributed by atoms with Gasteiger partial charge in [0.15, 0.2) is 0 Å². The van der Waals surface area contributed by atoms with Gasteiger partial charge >= 0.3 is 0 Å². The van der Waals surface area contributed by atoms with Crippen LogP contribution in [0.4, 0.5) is 0 Å². The molecule has 1 saturated carbocycles. The van der Waals surface area contributed by atoms with Crippen LogP contribution in [0.25, 0.3) is 0 Å². The second-order valence-electron chi connectivity index (χ2n) is 5.00. The summed E-state index contributed by atoms with van der Waals surface area (Å²) in [6.07, 6.45) is 9.91. The monoisotopic (exact) mass is 205 g/mol. The van der Waals surface area contributed by atoms with E-state index in [0.29, 0.717) is 0 Å². The Balaban J connectivity index is 1.64. The molecule has 0 amide bonds. The highest BCUT2D eigenvalue weighted by Crippen LogP contribution is 2.33. The first kappa shape index (κ1) is 9.40. The Bertz CT molecular complexity index is 321. The average Bonchev–Trinajstić information content (AvgIpc) is 2.82.